The molecule has 5 rings (SSSR count). The van der Waals surface area contributed by atoms with E-state index in [1.165, 1.54) is 6.07 Å². The van der Waals surface area contributed by atoms with Crippen LogP contribution in [0.25, 0.3) is 28.1 Å². The summed E-state index contributed by atoms with van der Waals surface area (Å²) in [6.07, 6.45) is 0. The predicted octanol–water partition coefficient (Wildman–Crippen LogP) is 4.63. The number of halogens is 2. The highest BCUT2D eigenvalue weighted by molar-refractivity contribution is 7.99. The Morgan fingerprint density at radius 3 is 2.62 bits per heavy atom. The van der Waals surface area contributed by atoms with Crippen molar-refractivity contribution in [3.63, 3.8) is 0 Å². The van der Waals surface area contributed by atoms with Crippen LogP contribution >= 0.6 is 23.4 Å². The maximum atomic E-state index is 14.7. The van der Waals surface area contributed by atoms with Crippen LogP contribution in [0, 0.1) is 5.82 Å². The summed E-state index contributed by atoms with van der Waals surface area (Å²) in [5.74, 6) is -0.405. The number of nitrogens with zero attached hydrogens (tertiary/aromatic N) is 3. The lowest BCUT2D eigenvalue weighted by Crippen LogP contribution is -2.14. The largest absolute Gasteiger partial charge is 0.325 e. The summed E-state index contributed by atoms with van der Waals surface area (Å²) >= 11 is 7.47. The van der Waals surface area contributed by atoms with Gasteiger partial charge in [-0.05, 0) is 42.5 Å². The summed E-state index contributed by atoms with van der Waals surface area (Å²) in [4.78, 5) is 29.3. The van der Waals surface area contributed by atoms with Crippen molar-refractivity contribution in [1.82, 2.24) is 24.7 Å². The maximum absolute atomic E-state index is 14.7. The zero-order chi connectivity index (χ0) is 23.7. The number of carbonyl (C=O) groups is 1. The minimum Gasteiger partial charge on any atom is -0.325 e. The van der Waals surface area contributed by atoms with Gasteiger partial charge in [0.25, 0.3) is 0 Å². The number of anilines is 1. The Morgan fingerprint density at radius 1 is 1.03 bits per heavy atom. The number of amides is 1. The lowest BCUT2D eigenvalue weighted by Gasteiger charge is -2.12. The SMILES string of the molecule is O=C(CSc1nnc(-c2ccccc2Cl)n1-c1ccccc1F)Nc1ccc2[nH]c(=O)[nH]c2c1. The van der Waals surface area contributed by atoms with Crippen molar-refractivity contribution in [2.45, 2.75) is 5.16 Å². The molecule has 0 fully saturated rings. The zero-order valence-corrected chi connectivity index (χ0v) is 19.0. The van der Waals surface area contributed by atoms with Crippen LogP contribution < -0.4 is 11.0 Å². The first-order chi connectivity index (χ1) is 16.5. The molecule has 3 N–H and O–H groups in total. The zero-order valence-electron chi connectivity index (χ0n) is 17.4. The molecule has 2 heterocycles. The van der Waals surface area contributed by atoms with Gasteiger partial charge in [0.05, 0.1) is 27.5 Å². The third-order valence-corrected chi connectivity index (χ3v) is 6.23. The quantitative estimate of drug-likeness (QED) is 0.298. The number of carbonyl (C=O) groups excluding carboxylic acids is 1. The molecule has 11 heteroatoms. The molecule has 0 unspecified atom stereocenters. The van der Waals surface area contributed by atoms with Gasteiger partial charge < -0.3 is 15.3 Å². The second-order valence-electron chi connectivity index (χ2n) is 7.25. The number of para-hydroxylation sites is 1. The normalized spacial score (nSPS) is 11.1. The molecule has 0 atom stereocenters. The van der Waals surface area contributed by atoms with Gasteiger partial charge in [0, 0.05) is 11.3 Å². The molecule has 0 aliphatic carbocycles. The van der Waals surface area contributed by atoms with Gasteiger partial charge >= 0.3 is 5.69 Å². The smallest absolute Gasteiger partial charge is 0.323 e. The minimum atomic E-state index is -0.462. The Bertz CT molecular complexity index is 1580. The number of nitrogens with one attached hydrogen (secondary N) is 3. The Hall–Kier alpha value is -3.89. The Kier molecular flexibility index (Phi) is 5.91. The van der Waals surface area contributed by atoms with Crippen LogP contribution in [0.15, 0.2) is 76.7 Å². The Labute approximate surface area is 201 Å². The van der Waals surface area contributed by atoms with Crippen molar-refractivity contribution >= 4 is 46.0 Å². The van der Waals surface area contributed by atoms with Gasteiger partial charge in [0.1, 0.15) is 5.82 Å². The first-order valence-corrected chi connectivity index (χ1v) is 11.5. The van der Waals surface area contributed by atoms with E-state index in [1.54, 1.807) is 65.2 Å². The molecule has 0 saturated heterocycles. The maximum Gasteiger partial charge on any atom is 0.323 e. The van der Waals surface area contributed by atoms with Gasteiger partial charge in [-0.2, -0.15) is 0 Å². The number of aromatic amines is 2. The number of aromatic nitrogens is 5. The van der Waals surface area contributed by atoms with Crippen molar-refractivity contribution in [2.24, 2.45) is 0 Å². The van der Waals surface area contributed by atoms with Crippen molar-refractivity contribution in [3.8, 4) is 17.1 Å². The molecule has 0 spiro atoms. The van der Waals surface area contributed by atoms with Crippen LogP contribution in [-0.2, 0) is 4.79 Å². The standard InChI is InChI=1S/C23H16ClFN6O2S/c24-15-6-2-1-5-14(15)21-29-30-23(31(21)19-8-4-3-7-16(19)25)34-12-20(32)26-13-9-10-17-18(11-13)28-22(33)27-17/h1-11H,12H2,(H,26,32)(H2,27,28,33). The molecule has 8 nitrogen and oxygen atoms in total. The summed E-state index contributed by atoms with van der Waals surface area (Å²) < 4.78 is 16.3. The van der Waals surface area contributed by atoms with E-state index in [1.807, 2.05) is 0 Å². The molecule has 170 valence electrons. The fourth-order valence-corrected chi connectivity index (χ4v) is 4.43. The van der Waals surface area contributed by atoms with E-state index in [2.05, 4.69) is 25.5 Å². The molecule has 5 aromatic rings. The number of hydrogen-bond acceptors (Lipinski definition) is 5. The molecule has 0 radical (unpaired) electrons. The van der Waals surface area contributed by atoms with Gasteiger partial charge in [0.2, 0.25) is 5.91 Å². The summed E-state index contributed by atoms with van der Waals surface area (Å²) in [6, 6.07) is 18.4. The van der Waals surface area contributed by atoms with E-state index in [-0.39, 0.29) is 23.0 Å². The van der Waals surface area contributed by atoms with E-state index in [4.69, 9.17) is 11.6 Å². The second kappa shape index (κ2) is 9.16. The van der Waals surface area contributed by atoms with Gasteiger partial charge in [-0.3, -0.25) is 9.36 Å². The average Bonchev–Trinajstić information content (AvgIpc) is 3.40. The van der Waals surface area contributed by atoms with Gasteiger partial charge in [0.15, 0.2) is 11.0 Å². The topological polar surface area (TPSA) is 108 Å². The van der Waals surface area contributed by atoms with Crippen LogP contribution in [-0.4, -0.2) is 36.4 Å². The van der Waals surface area contributed by atoms with Crippen LogP contribution in [0.1, 0.15) is 0 Å². The van der Waals surface area contributed by atoms with Crippen LogP contribution in [0.4, 0.5) is 10.1 Å². The molecule has 3 aromatic carbocycles. The summed E-state index contributed by atoms with van der Waals surface area (Å²) in [7, 11) is 0. The molecule has 0 saturated carbocycles. The number of rotatable bonds is 6. The molecule has 0 aliphatic heterocycles. The lowest BCUT2D eigenvalue weighted by atomic mass is 10.2. The Morgan fingerprint density at radius 2 is 1.79 bits per heavy atom. The number of benzene rings is 3. The first kappa shape index (κ1) is 21.9. The third-order valence-electron chi connectivity index (χ3n) is 4.97. The highest BCUT2D eigenvalue weighted by atomic mass is 35.5. The number of hydrogen-bond donors (Lipinski definition) is 3. The summed E-state index contributed by atoms with van der Waals surface area (Å²) in [6.45, 7) is 0. The first-order valence-electron chi connectivity index (χ1n) is 10.1. The minimum absolute atomic E-state index is 0.00317. The van der Waals surface area contributed by atoms with E-state index in [0.29, 0.717) is 38.3 Å². The molecule has 0 bridgehead atoms. The third kappa shape index (κ3) is 4.33. The van der Waals surface area contributed by atoms with Crippen LogP contribution in [0.3, 0.4) is 0 Å². The lowest BCUT2D eigenvalue weighted by molar-refractivity contribution is -0.113. The van der Waals surface area contributed by atoms with Crippen molar-refractivity contribution in [3.05, 3.63) is 88.1 Å². The number of H-pyrrole nitrogens is 2. The second-order valence-corrected chi connectivity index (χ2v) is 8.60. The van der Waals surface area contributed by atoms with Crippen molar-refractivity contribution < 1.29 is 9.18 Å². The average molecular weight is 495 g/mol. The van der Waals surface area contributed by atoms with Gasteiger partial charge in [-0.1, -0.05) is 47.6 Å². The highest BCUT2D eigenvalue weighted by Gasteiger charge is 2.21. The van der Waals surface area contributed by atoms with Gasteiger partial charge in [-0.25, -0.2) is 9.18 Å². The number of thioether (sulfide) groups is 1. The van der Waals surface area contributed by atoms with E-state index < -0.39 is 5.82 Å². The highest BCUT2D eigenvalue weighted by Crippen LogP contribution is 2.32. The summed E-state index contributed by atoms with van der Waals surface area (Å²) in [5, 5.41) is 12.0. The summed E-state index contributed by atoms with van der Waals surface area (Å²) in [5.41, 5.74) is 2.26. The van der Waals surface area contributed by atoms with Crippen LogP contribution in [0.2, 0.25) is 5.02 Å². The monoisotopic (exact) mass is 494 g/mol. The number of imidazole rings is 1. The molecular formula is C23H16ClFN6O2S. The van der Waals surface area contributed by atoms with E-state index in [0.717, 1.165) is 11.8 Å². The number of fused-ring (bicyclic) bond motifs is 1. The molecule has 2 aromatic heterocycles. The van der Waals surface area contributed by atoms with E-state index in [9.17, 15) is 14.0 Å². The molecular weight excluding hydrogens is 479 g/mol. The van der Waals surface area contributed by atoms with Crippen molar-refractivity contribution in [2.75, 3.05) is 11.1 Å². The molecule has 0 aliphatic rings. The van der Waals surface area contributed by atoms with E-state index >= 15 is 0 Å². The van der Waals surface area contributed by atoms with Gasteiger partial charge in [-0.15, -0.1) is 10.2 Å². The fraction of sp³-hybridized carbons (Fsp3) is 0.0435. The molecule has 34 heavy (non-hydrogen) atoms. The molecule has 1 amide bonds. The Balaban J connectivity index is 1.42. The van der Waals surface area contributed by atoms with Crippen LogP contribution in [0.5, 0.6) is 0 Å². The predicted molar refractivity (Wildman–Crippen MR) is 130 cm³/mol. The fourth-order valence-electron chi connectivity index (χ4n) is 3.47. The van der Waals surface area contributed by atoms with Crippen molar-refractivity contribution in [1.29, 1.82) is 0 Å².